The fraction of sp³-hybridized carbons (Fsp3) is 0.455. The Morgan fingerprint density at radius 2 is 2.41 bits per heavy atom. The predicted molar refractivity (Wildman–Crippen MR) is 72.0 cm³/mol. The second-order valence-electron chi connectivity index (χ2n) is 3.72. The van der Waals surface area contributed by atoms with Crippen molar-refractivity contribution in [1.82, 2.24) is 10.3 Å². The predicted octanol–water partition coefficient (Wildman–Crippen LogP) is 1.24. The van der Waals surface area contributed by atoms with E-state index in [-0.39, 0.29) is 11.9 Å². The number of hydrazine groups is 1. The molecule has 6 heteroatoms. The zero-order valence-electron chi connectivity index (χ0n) is 10.1. The molecule has 1 amide bonds. The van der Waals surface area contributed by atoms with Crippen molar-refractivity contribution in [2.24, 2.45) is 5.84 Å². The summed E-state index contributed by atoms with van der Waals surface area (Å²) in [6.45, 7) is 1.99. The first-order chi connectivity index (χ1) is 8.19. The minimum absolute atomic E-state index is 0.140. The fourth-order valence-electron chi connectivity index (χ4n) is 1.37. The van der Waals surface area contributed by atoms with Crippen LogP contribution < -0.4 is 16.6 Å². The molecule has 0 aliphatic carbocycles. The Balaban J connectivity index is 2.63. The summed E-state index contributed by atoms with van der Waals surface area (Å²) in [6.07, 6.45) is 6.08. The molecule has 1 rings (SSSR count). The summed E-state index contributed by atoms with van der Waals surface area (Å²) in [5, 5.41) is 2.92. The van der Waals surface area contributed by atoms with Gasteiger partial charge in [-0.05, 0) is 31.4 Å². The van der Waals surface area contributed by atoms with Crippen LogP contribution in [0.3, 0.4) is 0 Å². The standard InChI is InChI=1S/C11H18N4OS/c1-8(4-6-17-2)14-11(16)9-7-13-5-3-10(9)15-12/h3,5,7-8H,4,6,12H2,1-2H3,(H,13,15)(H,14,16). The molecule has 0 saturated heterocycles. The lowest BCUT2D eigenvalue weighted by Gasteiger charge is -2.14. The normalized spacial score (nSPS) is 11.9. The first kappa shape index (κ1) is 13.8. The lowest BCUT2D eigenvalue weighted by molar-refractivity contribution is 0.0940. The van der Waals surface area contributed by atoms with Crippen molar-refractivity contribution in [3.8, 4) is 0 Å². The first-order valence-corrected chi connectivity index (χ1v) is 6.78. The third-order valence-corrected chi connectivity index (χ3v) is 3.00. The van der Waals surface area contributed by atoms with Gasteiger partial charge in [0.25, 0.3) is 5.91 Å². The Kier molecular flexibility index (Phi) is 5.79. The number of nitrogen functional groups attached to an aromatic ring is 1. The van der Waals surface area contributed by atoms with Gasteiger partial charge in [-0.1, -0.05) is 0 Å². The van der Waals surface area contributed by atoms with E-state index in [0.29, 0.717) is 11.3 Å². The van der Waals surface area contributed by atoms with Gasteiger partial charge < -0.3 is 10.7 Å². The van der Waals surface area contributed by atoms with Crippen LogP contribution in [-0.4, -0.2) is 28.9 Å². The van der Waals surface area contributed by atoms with Gasteiger partial charge in [0.1, 0.15) is 0 Å². The van der Waals surface area contributed by atoms with Crippen LogP contribution in [-0.2, 0) is 0 Å². The molecule has 4 N–H and O–H groups in total. The van der Waals surface area contributed by atoms with E-state index in [4.69, 9.17) is 5.84 Å². The summed E-state index contributed by atoms with van der Waals surface area (Å²) in [6, 6.07) is 1.81. The van der Waals surface area contributed by atoms with Crippen molar-refractivity contribution < 1.29 is 4.79 Å². The molecule has 1 aromatic heterocycles. The number of hydrogen-bond acceptors (Lipinski definition) is 5. The van der Waals surface area contributed by atoms with Crippen LogP contribution in [0.15, 0.2) is 18.5 Å². The first-order valence-electron chi connectivity index (χ1n) is 5.39. The van der Waals surface area contributed by atoms with E-state index >= 15 is 0 Å². The lowest BCUT2D eigenvalue weighted by atomic mass is 10.2. The Morgan fingerprint density at radius 1 is 1.65 bits per heavy atom. The molecule has 0 aliphatic heterocycles. The quantitative estimate of drug-likeness (QED) is 0.526. The van der Waals surface area contributed by atoms with Gasteiger partial charge in [-0.2, -0.15) is 11.8 Å². The van der Waals surface area contributed by atoms with Crippen molar-refractivity contribution in [3.05, 3.63) is 24.0 Å². The summed E-state index contributed by atoms with van der Waals surface area (Å²) in [7, 11) is 0. The molecular weight excluding hydrogens is 236 g/mol. The van der Waals surface area contributed by atoms with Crippen LogP contribution in [0.25, 0.3) is 0 Å². The number of carbonyl (C=O) groups excluding carboxylic acids is 1. The second kappa shape index (κ2) is 7.13. The van der Waals surface area contributed by atoms with Crippen molar-refractivity contribution in [1.29, 1.82) is 0 Å². The highest BCUT2D eigenvalue weighted by molar-refractivity contribution is 7.98. The van der Waals surface area contributed by atoms with Gasteiger partial charge >= 0.3 is 0 Å². The van der Waals surface area contributed by atoms with E-state index in [1.165, 1.54) is 6.20 Å². The van der Waals surface area contributed by atoms with Gasteiger partial charge in [0.05, 0.1) is 11.3 Å². The number of anilines is 1. The van der Waals surface area contributed by atoms with Gasteiger partial charge in [0, 0.05) is 18.4 Å². The molecule has 0 saturated carbocycles. The monoisotopic (exact) mass is 254 g/mol. The van der Waals surface area contributed by atoms with Gasteiger partial charge in [-0.3, -0.25) is 15.6 Å². The van der Waals surface area contributed by atoms with Crippen molar-refractivity contribution in [2.75, 3.05) is 17.4 Å². The van der Waals surface area contributed by atoms with E-state index in [0.717, 1.165) is 12.2 Å². The summed E-state index contributed by atoms with van der Waals surface area (Å²) < 4.78 is 0. The Morgan fingerprint density at radius 3 is 3.06 bits per heavy atom. The number of nitrogens with zero attached hydrogens (tertiary/aromatic N) is 1. The molecule has 0 fully saturated rings. The number of aromatic nitrogens is 1. The van der Waals surface area contributed by atoms with Crippen LogP contribution in [0, 0.1) is 0 Å². The molecule has 0 aliphatic rings. The molecule has 0 spiro atoms. The maximum Gasteiger partial charge on any atom is 0.255 e. The van der Waals surface area contributed by atoms with E-state index in [1.54, 1.807) is 24.0 Å². The van der Waals surface area contributed by atoms with E-state index in [1.807, 2.05) is 13.2 Å². The highest BCUT2D eigenvalue weighted by Crippen LogP contribution is 2.12. The molecule has 0 aromatic carbocycles. The number of carbonyl (C=O) groups is 1. The summed E-state index contributed by atoms with van der Waals surface area (Å²) >= 11 is 1.76. The third kappa shape index (κ3) is 4.24. The number of thioether (sulfide) groups is 1. The van der Waals surface area contributed by atoms with E-state index in [2.05, 4.69) is 15.7 Å². The van der Waals surface area contributed by atoms with Crippen LogP contribution in [0.1, 0.15) is 23.7 Å². The molecule has 17 heavy (non-hydrogen) atoms. The van der Waals surface area contributed by atoms with Crippen LogP contribution in [0.5, 0.6) is 0 Å². The maximum absolute atomic E-state index is 11.9. The van der Waals surface area contributed by atoms with E-state index in [9.17, 15) is 4.79 Å². The zero-order chi connectivity index (χ0) is 12.7. The van der Waals surface area contributed by atoms with Crippen molar-refractivity contribution in [3.63, 3.8) is 0 Å². The molecule has 5 nitrogen and oxygen atoms in total. The number of amides is 1. The number of pyridine rings is 1. The largest absolute Gasteiger partial charge is 0.349 e. The molecule has 1 atom stereocenters. The summed E-state index contributed by atoms with van der Waals surface area (Å²) in [5.74, 6) is 6.21. The van der Waals surface area contributed by atoms with E-state index < -0.39 is 0 Å². The Bertz CT molecular complexity index is 372. The van der Waals surface area contributed by atoms with Crippen LogP contribution >= 0.6 is 11.8 Å². The smallest absolute Gasteiger partial charge is 0.255 e. The van der Waals surface area contributed by atoms with Crippen molar-refractivity contribution in [2.45, 2.75) is 19.4 Å². The molecule has 0 bridgehead atoms. The summed E-state index contributed by atoms with van der Waals surface area (Å²) in [5.41, 5.74) is 3.53. The Labute approximate surface area is 106 Å². The summed E-state index contributed by atoms with van der Waals surface area (Å²) in [4.78, 5) is 15.9. The lowest BCUT2D eigenvalue weighted by Crippen LogP contribution is -2.33. The Hall–Kier alpha value is -1.27. The third-order valence-electron chi connectivity index (χ3n) is 2.35. The van der Waals surface area contributed by atoms with Gasteiger partial charge in [-0.25, -0.2) is 0 Å². The van der Waals surface area contributed by atoms with Crippen LogP contribution in [0.2, 0.25) is 0 Å². The molecular formula is C11H18N4OS. The highest BCUT2D eigenvalue weighted by atomic mass is 32.2. The minimum Gasteiger partial charge on any atom is -0.349 e. The molecule has 1 aromatic rings. The number of nitrogens with one attached hydrogen (secondary N) is 2. The highest BCUT2D eigenvalue weighted by Gasteiger charge is 2.13. The minimum atomic E-state index is -0.153. The SMILES string of the molecule is CSCCC(C)NC(=O)c1cnccc1NN. The van der Waals surface area contributed by atoms with Gasteiger partial charge in [0.15, 0.2) is 0 Å². The topological polar surface area (TPSA) is 80.0 Å². The average Bonchev–Trinajstić information content (AvgIpc) is 2.36. The number of hydrogen-bond donors (Lipinski definition) is 3. The fourth-order valence-corrected chi connectivity index (χ4v) is 1.96. The molecule has 1 heterocycles. The average molecular weight is 254 g/mol. The number of nitrogens with two attached hydrogens (primary N) is 1. The van der Waals surface area contributed by atoms with Gasteiger partial charge in [0.2, 0.25) is 0 Å². The maximum atomic E-state index is 11.9. The van der Waals surface area contributed by atoms with Crippen LogP contribution in [0.4, 0.5) is 5.69 Å². The molecule has 1 unspecified atom stereocenters. The zero-order valence-corrected chi connectivity index (χ0v) is 10.9. The second-order valence-corrected chi connectivity index (χ2v) is 4.71. The number of rotatable bonds is 6. The van der Waals surface area contributed by atoms with Gasteiger partial charge in [-0.15, -0.1) is 0 Å². The van der Waals surface area contributed by atoms with Crippen molar-refractivity contribution >= 4 is 23.4 Å². The molecule has 0 radical (unpaired) electrons. The molecule has 94 valence electrons.